The van der Waals surface area contributed by atoms with Crippen molar-refractivity contribution in [1.29, 1.82) is 0 Å². The number of rotatable bonds is 4. The van der Waals surface area contributed by atoms with E-state index in [1.807, 2.05) is 10.9 Å². The van der Waals surface area contributed by atoms with E-state index in [9.17, 15) is 0 Å². The van der Waals surface area contributed by atoms with E-state index in [4.69, 9.17) is 5.10 Å². The predicted molar refractivity (Wildman–Crippen MR) is 117 cm³/mol. The molecule has 3 heteroatoms. The molecule has 4 rings (SSSR count). The summed E-state index contributed by atoms with van der Waals surface area (Å²) >= 11 is 0. The van der Waals surface area contributed by atoms with Gasteiger partial charge in [0.25, 0.3) is 0 Å². The van der Waals surface area contributed by atoms with Gasteiger partial charge in [0, 0.05) is 17.2 Å². The molecule has 0 saturated carbocycles. The zero-order valence-electron chi connectivity index (χ0n) is 17.3. The number of aryl methyl sites for hydroxylation is 2. The Morgan fingerprint density at radius 2 is 1.93 bits per heavy atom. The molecule has 1 N–H and O–H groups in total. The summed E-state index contributed by atoms with van der Waals surface area (Å²) in [6.45, 7) is 13.1. The molecule has 3 nitrogen and oxygen atoms in total. The molecule has 2 aromatic carbocycles. The Labute approximate surface area is 168 Å². The maximum absolute atomic E-state index is 4.72. The van der Waals surface area contributed by atoms with Crippen molar-refractivity contribution in [2.45, 2.75) is 52.4 Å². The zero-order valence-corrected chi connectivity index (χ0v) is 17.3. The monoisotopic (exact) mass is 371 g/mol. The van der Waals surface area contributed by atoms with E-state index in [0.29, 0.717) is 5.92 Å². The molecule has 0 amide bonds. The zero-order chi connectivity index (χ0) is 19.8. The van der Waals surface area contributed by atoms with Crippen LogP contribution in [0.5, 0.6) is 0 Å². The van der Waals surface area contributed by atoms with Gasteiger partial charge in [0.15, 0.2) is 0 Å². The quantitative estimate of drug-likeness (QED) is 0.581. The van der Waals surface area contributed by atoms with Gasteiger partial charge in [0.2, 0.25) is 0 Å². The van der Waals surface area contributed by atoms with Crippen molar-refractivity contribution < 1.29 is 0 Å². The van der Waals surface area contributed by atoms with Crippen molar-refractivity contribution in [3.05, 3.63) is 88.8 Å². The molecule has 144 valence electrons. The van der Waals surface area contributed by atoms with Gasteiger partial charge in [-0.1, -0.05) is 57.7 Å². The summed E-state index contributed by atoms with van der Waals surface area (Å²) in [7, 11) is 0. The first-order valence-corrected chi connectivity index (χ1v) is 10.2. The third-order valence-electron chi connectivity index (χ3n) is 5.83. The summed E-state index contributed by atoms with van der Waals surface area (Å²) in [6.07, 6.45) is 3.95. The largest absolute Gasteiger partial charge is 0.344 e. The molecular formula is C25H29N3. The number of hydrogen-bond donors (Lipinski definition) is 1. The normalized spacial score (nSPS) is 16.2. The highest BCUT2D eigenvalue weighted by atomic mass is 15.3. The van der Waals surface area contributed by atoms with E-state index in [0.717, 1.165) is 30.0 Å². The second-order valence-electron chi connectivity index (χ2n) is 8.14. The van der Waals surface area contributed by atoms with Crippen LogP contribution in [0.3, 0.4) is 0 Å². The second kappa shape index (κ2) is 7.31. The Hall–Kier alpha value is -2.81. The van der Waals surface area contributed by atoms with E-state index in [1.165, 1.54) is 27.8 Å². The molecule has 1 aromatic heterocycles. The van der Waals surface area contributed by atoms with Gasteiger partial charge in [-0.2, -0.15) is 5.10 Å². The molecule has 0 fully saturated rings. The molecule has 1 unspecified atom stereocenters. The Kier molecular flexibility index (Phi) is 4.84. The Bertz CT molecular complexity index is 1010. The average Bonchev–Trinajstić information content (AvgIpc) is 3.10. The van der Waals surface area contributed by atoms with E-state index >= 15 is 0 Å². The molecule has 2 heterocycles. The van der Waals surface area contributed by atoms with Gasteiger partial charge >= 0.3 is 0 Å². The SMILES string of the molecule is C=C1CC(c2ccc(C(C)C)c(C)c2)c2cnn(-c3ccc(CC)cc3)c2N1. The first-order valence-electron chi connectivity index (χ1n) is 10.2. The number of anilines is 1. The van der Waals surface area contributed by atoms with Crippen molar-refractivity contribution in [2.24, 2.45) is 0 Å². The molecule has 1 aliphatic rings. The fourth-order valence-corrected chi connectivity index (χ4v) is 4.25. The number of nitrogens with zero attached hydrogens (tertiary/aromatic N) is 2. The number of fused-ring (bicyclic) bond motifs is 1. The van der Waals surface area contributed by atoms with E-state index in [1.54, 1.807) is 0 Å². The van der Waals surface area contributed by atoms with Crippen LogP contribution in [0.15, 0.2) is 60.9 Å². The second-order valence-corrected chi connectivity index (χ2v) is 8.14. The molecule has 1 aliphatic heterocycles. The lowest BCUT2D eigenvalue weighted by Crippen LogP contribution is -2.17. The molecule has 0 saturated heterocycles. The minimum Gasteiger partial charge on any atom is -0.344 e. The highest BCUT2D eigenvalue weighted by molar-refractivity contribution is 5.60. The van der Waals surface area contributed by atoms with E-state index in [-0.39, 0.29) is 5.92 Å². The molecule has 28 heavy (non-hydrogen) atoms. The number of allylic oxidation sites excluding steroid dienone is 1. The van der Waals surface area contributed by atoms with Gasteiger partial charge in [0.05, 0.1) is 11.9 Å². The highest BCUT2D eigenvalue weighted by Crippen LogP contribution is 2.41. The Morgan fingerprint density at radius 1 is 1.18 bits per heavy atom. The Morgan fingerprint density at radius 3 is 2.57 bits per heavy atom. The van der Waals surface area contributed by atoms with Crippen LogP contribution in [-0.2, 0) is 6.42 Å². The summed E-state index contributed by atoms with van der Waals surface area (Å²) in [6, 6.07) is 15.5. The van der Waals surface area contributed by atoms with Crippen LogP contribution >= 0.6 is 0 Å². The average molecular weight is 372 g/mol. The molecule has 0 radical (unpaired) electrons. The minimum atomic E-state index is 0.285. The van der Waals surface area contributed by atoms with Crippen molar-refractivity contribution in [3.8, 4) is 5.69 Å². The van der Waals surface area contributed by atoms with Crippen molar-refractivity contribution in [1.82, 2.24) is 9.78 Å². The topological polar surface area (TPSA) is 29.9 Å². The van der Waals surface area contributed by atoms with Gasteiger partial charge in [-0.3, -0.25) is 0 Å². The molecule has 3 aromatic rings. The summed E-state index contributed by atoms with van der Waals surface area (Å²) in [5.74, 6) is 1.87. The third-order valence-corrected chi connectivity index (χ3v) is 5.83. The summed E-state index contributed by atoms with van der Waals surface area (Å²) in [5, 5.41) is 8.20. The number of benzene rings is 2. The molecule has 1 atom stereocenters. The van der Waals surface area contributed by atoms with Crippen LogP contribution < -0.4 is 5.32 Å². The molecule has 0 spiro atoms. The van der Waals surface area contributed by atoms with E-state index in [2.05, 4.69) is 82.1 Å². The lowest BCUT2D eigenvalue weighted by Gasteiger charge is -2.27. The maximum atomic E-state index is 4.72. The van der Waals surface area contributed by atoms with Gasteiger partial charge in [-0.05, 0) is 60.1 Å². The number of aromatic nitrogens is 2. The van der Waals surface area contributed by atoms with E-state index < -0.39 is 0 Å². The molecule has 0 bridgehead atoms. The van der Waals surface area contributed by atoms with Crippen LogP contribution in [-0.4, -0.2) is 9.78 Å². The van der Waals surface area contributed by atoms with Gasteiger partial charge in [0.1, 0.15) is 5.82 Å². The fraction of sp³-hybridized carbons (Fsp3) is 0.320. The van der Waals surface area contributed by atoms with Crippen LogP contribution in [0, 0.1) is 6.92 Å². The lowest BCUT2D eigenvalue weighted by atomic mass is 9.84. The number of hydrogen-bond acceptors (Lipinski definition) is 2. The van der Waals surface area contributed by atoms with Gasteiger partial charge < -0.3 is 5.32 Å². The predicted octanol–water partition coefficient (Wildman–Crippen LogP) is 6.33. The van der Waals surface area contributed by atoms with Gasteiger partial charge in [-0.25, -0.2) is 4.68 Å². The van der Waals surface area contributed by atoms with Crippen molar-refractivity contribution in [2.75, 3.05) is 5.32 Å². The summed E-state index contributed by atoms with van der Waals surface area (Å²) in [5.41, 5.74) is 8.81. The molecule has 0 aliphatic carbocycles. The first kappa shape index (κ1) is 18.5. The van der Waals surface area contributed by atoms with Crippen LogP contribution in [0.1, 0.15) is 66.8 Å². The van der Waals surface area contributed by atoms with Crippen LogP contribution in [0.4, 0.5) is 5.82 Å². The summed E-state index contributed by atoms with van der Waals surface area (Å²) in [4.78, 5) is 0. The maximum Gasteiger partial charge on any atom is 0.137 e. The smallest absolute Gasteiger partial charge is 0.137 e. The Balaban J connectivity index is 1.75. The lowest BCUT2D eigenvalue weighted by molar-refractivity contribution is 0.768. The summed E-state index contributed by atoms with van der Waals surface area (Å²) < 4.78 is 2.00. The van der Waals surface area contributed by atoms with Crippen LogP contribution in [0.2, 0.25) is 0 Å². The van der Waals surface area contributed by atoms with Crippen LogP contribution in [0.25, 0.3) is 5.69 Å². The van der Waals surface area contributed by atoms with Gasteiger partial charge in [-0.15, -0.1) is 0 Å². The third kappa shape index (κ3) is 3.26. The van der Waals surface area contributed by atoms with Crippen molar-refractivity contribution in [3.63, 3.8) is 0 Å². The van der Waals surface area contributed by atoms with Crippen molar-refractivity contribution >= 4 is 5.82 Å². The standard InChI is InChI=1S/C25H29N3/c1-6-19-7-10-21(11-8-19)28-25-24(15-26-28)23(14-18(5)27-25)20-9-12-22(16(2)3)17(4)13-20/h7-13,15-16,23,27H,5-6,14H2,1-4H3. The fourth-order valence-electron chi connectivity index (χ4n) is 4.25. The minimum absolute atomic E-state index is 0.285. The number of nitrogens with one attached hydrogen (secondary N) is 1. The molecular weight excluding hydrogens is 342 g/mol. The first-order chi connectivity index (χ1) is 13.5. The highest BCUT2D eigenvalue weighted by Gasteiger charge is 2.28.